The lowest BCUT2D eigenvalue weighted by molar-refractivity contribution is 0.313. The third-order valence-electron chi connectivity index (χ3n) is 1.26. The number of hydrazine groups is 1. The van der Waals surface area contributed by atoms with Crippen LogP contribution in [0.4, 0.5) is 5.82 Å². The number of anilines is 1. The van der Waals surface area contributed by atoms with Gasteiger partial charge in [-0.15, -0.1) is 12.3 Å². The van der Waals surface area contributed by atoms with Crippen molar-refractivity contribution in [1.29, 1.82) is 0 Å². The van der Waals surface area contributed by atoms with E-state index in [9.17, 15) is 0 Å². The summed E-state index contributed by atoms with van der Waals surface area (Å²) in [6, 6.07) is 0. The second kappa shape index (κ2) is 4.95. The van der Waals surface area contributed by atoms with Crippen LogP contribution in [-0.4, -0.2) is 16.6 Å². The second-order valence-electron chi connectivity index (χ2n) is 2.19. The topological polar surface area (TPSA) is 73.1 Å². The van der Waals surface area contributed by atoms with E-state index in [1.165, 1.54) is 12.4 Å². The Hall–Kier alpha value is -1.80. The Labute approximate surface area is 76.3 Å². The zero-order valence-electron chi connectivity index (χ0n) is 7.03. The zero-order valence-corrected chi connectivity index (χ0v) is 7.03. The maximum absolute atomic E-state index is 5.18. The van der Waals surface area contributed by atoms with Crippen LogP contribution in [0.15, 0.2) is 12.4 Å². The van der Waals surface area contributed by atoms with E-state index in [2.05, 4.69) is 21.3 Å². The van der Waals surface area contributed by atoms with Crippen LogP contribution in [0.3, 0.4) is 0 Å². The predicted molar refractivity (Wildman–Crippen MR) is 48.8 cm³/mol. The zero-order chi connectivity index (χ0) is 9.52. The summed E-state index contributed by atoms with van der Waals surface area (Å²) >= 11 is 0. The van der Waals surface area contributed by atoms with Crippen molar-refractivity contribution in [1.82, 2.24) is 9.97 Å². The van der Waals surface area contributed by atoms with Crippen molar-refractivity contribution in [3.63, 3.8) is 0 Å². The molecule has 0 aliphatic rings. The smallest absolute Gasteiger partial charge is 0.234 e. The van der Waals surface area contributed by atoms with E-state index in [4.69, 9.17) is 17.0 Å². The van der Waals surface area contributed by atoms with Gasteiger partial charge in [0.15, 0.2) is 5.82 Å². The highest BCUT2D eigenvalue weighted by atomic mass is 16.5. The van der Waals surface area contributed by atoms with Crippen LogP contribution in [0.2, 0.25) is 0 Å². The first-order chi connectivity index (χ1) is 6.36. The maximum Gasteiger partial charge on any atom is 0.234 e. The molecule has 0 aliphatic carbocycles. The van der Waals surface area contributed by atoms with E-state index in [0.29, 0.717) is 24.7 Å². The number of rotatable bonds is 4. The molecule has 1 heterocycles. The van der Waals surface area contributed by atoms with E-state index in [-0.39, 0.29) is 0 Å². The number of nitrogens with zero attached hydrogens (tertiary/aromatic N) is 2. The first kappa shape index (κ1) is 9.29. The molecular weight excluding hydrogens is 168 g/mol. The van der Waals surface area contributed by atoms with Crippen molar-refractivity contribution < 1.29 is 4.74 Å². The first-order valence-electron chi connectivity index (χ1n) is 3.71. The lowest BCUT2D eigenvalue weighted by Crippen LogP contribution is -2.09. The van der Waals surface area contributed by atoms with Gasteiger partial charge >= 0.3 is 0 Å². The molecule has 5 nitrogen and oxygen atoms in total. The van der Waals surface area contributed by atoms with Crippen LogP contribution in [0, 0.1) is 12.3 Å². The Morgan fingerprint density at radius 3 is 3.15 bits per heavy atom. The van der Waals surface area contributed by atoms with Crippen molar-refractivity contribution >= 4 is 5.82 Å². The highest BCUT2D eigenvalue weighted by molar-refractivity contribution is 5.31. The highest BCUT2D eigenvalue weighted by Crippen LogP contribution is 2.07. The fourth-order valence-corrected chi connectivity index (χ4v) is 0.702. The van der Waals surface area contributed by atoms with Gasteiger partial charge in [0.1, 0.15) is 6.61 Å². The predicted octanol–water partition coefficient (Wildman–Crippen LogP) is 0.164. The lowest BCUT2D eigenvalue weighted by atomic mass is 10.5. The van der Waals surface area contributed by atoms with E-state index in [1.807, 2.05) is 0 Å². The fourth-order valence-electron chi connectivity index (χ4n) is 0.702. The van der Waals surface area contributed by atoms with Gasteiger partial charge in [-0.05, 0) is 0 Å². The summed E-state index contributed by atoms with van der Waals surface area (Å²) in [5, 5.41) is 0. The van der Waals surface area contributed by atoms with Crippen molar-refractivity contribution in [2.24, 2.45) is 5.84 Å². The largest absolute Gasteiger partial charge is 0.476 e. The molecule has 0 radical (unpaired) electrons. The van der Waals surface area contributed by atoms with Gasteiger partial charge in [0.25, 0.3) is 0 Å². The standard InChI is InChI=1S/C8H10N4O/c1-2-3-4-13-8-6-10-5-7(11-8)12-9/h1,5-6H,3-4,9H2,(H,11,12). The number of nitrogens with one attached hydrogen (secondary N) is 1. The van der Waals surface area contributed by atoms with E-state index in [1.54, 1.807) is 0 Å². The molecule has 68 valence electrons. The number of ether oxygens (including phenoxy) is 1. The molecule has 3 N–H and O–H groups in total. The summed E-state index contributed by atoms with van der Waals surface area (Å²) in [6.07, 6.45) is 8.59. The molecule has 0 amide bonds. The average Bonchev–Trinajstić information content (AvgIpc) is 2.19. The van der Waals surface area contributed by atoms with Gasteiger partial charge in [-0.1, -0.05) is 0 Å². The summed E-state index contributed by atoms with van der Waals surface area (Å²) in [5.41, 5.74) is 2.36. The Morgan fingerprint density at radius 1 is 1.62 bits per heavy atom. The number of hydrogen-bond donors (Lipinski definition) is 2. The van der Waals surface area contributed by atoms with Gasteiger partial charge in [-0.25, -0.2) is 5.84 Å². The molecule has 5 heteroatoms. The molecule has 0 saturated heterocycles. The molecule has 0 atom stereocenters. The molecule has 0 aliphatic heterocycles. The Morgan fingerprint density at radius 2 is 2.46 bits per heavy atom. The van der Waals surface area contributed by atoms with Crippen molar-refractivity contribution in [3.8, 4) is 18.2 Å². The van der Waals surface area contributed by atoms with Crippen LogP contribution in [-0.2, 0) is 0 Å². The van der Waals surface area contributed by atoms with Gasteiger partial charge in [0.05, 0.1) is 12.4 Å². The Bertz CT molecular complexity index is 307. The van der Waals surface area contributed by atoms with Crippen LogP contribution in [0.1, 0.15) is 6.42 Å². The molecule has 0 saturated carbocycles. The van der Waals surface area contributed by atoms with Crippen LogP contribution in [0.5, 0.6) is 5.88 Å². The van der Waals surface area contributed by atoms with E-state index < -0.39 is 0 Å². The van der Waals surface area contributed by atoms with Crippen molar-refractivity contribution in [2.75, 3.05) is 12.0 Å². The summed E-state index contributed by atoms with van der Waals surface area (Å²) < 4.78 is 5.18. The maximum atomic E-state index is 5.18. The first-order valence-corrected chi connectivity index (χ1v) is 3.71. The summed E-state index contributed by atoms with van der Waals surface area (Å²) in [5.74, 6) is 8.45. The summed E-state index contributed by atoms with van der Waals surface area (Å²) in [4.78, 5) is 7.83. The van der Waals surface area contributed by atoms with Gasteiger partial charge in [0, 0.05) is 6.42 Å². The highest BCUT2D eigenvalue weighted by Gasteiger charge is 1.96. The number of nitrogen functional groups attached to an aromatic ring is 1. The van der Waals surface area contributed by atoms with E-state index >= 15 is 0 Å². The lowest BCUT2D eigenvalue weighted by Gasteiger charge is -2.03. The Kier molecular flexibility index (Phi) is 3.54. The minimum absolute atomic E-state index is 0.408. The molecule has 1 aromatic rings. The number of nitrogens with two attached hydrogens (primary N) is 1. The SMILES string of the molecule is C#CCCOc1cncc(NN)n1. The average molecular weight is 178 g/mol. The third kappa shape index (κ3) is 2.97. The fraction of sp³-hybridized carbons (Fsp3) is 0.250. The summed E-state index contributed by atoms with van der Waals surface area (Å²) in [7, 11) is 0. The summed E-state index contributed by atoms with van der Waals surface area (Å²) in [6.45, 7) is 0.430. The van der Waals surface area contributed by atoms with Gasteiger partial charge in [-0.3, -0.25) is 4.98 Å². The third-order valence-corrected chi connectivity index (χ3v) is 1.26. The monoisotopic (exact) mass is 178 g/mol. The normalized spacial score (nSPS) is 8.92. The van der Waals surface area contributed by atoms with Crippen molar-refractivity contribution in [3.05, 3.63) is 12.4 Å². The second-order valence-corrected chi connectivity index (χ2v) is 2.19. The molecule has 0 spiro atoms. The Balaban J connectivity index is 2.52. The molecule has 0 bridgehead atoms. The molecule has 0 fully saturated rings. The van der Waals surface area contributed by atoms with E-state index in [0.717, 1.165) is 0 Å². The van der Waals surface area contributed by atoms with Gasteiger partial charge < -0.3 is 10.2 Å². The molecular formula is C8H10N4O. The van der Waals surface area contributed by atoms with Crippen LogP contribution >= 0.6 is 0 Å². The number of terminal acetylenes is 1. The number of aromatic nitrogens is 2. The minimum Gasteiger partial charge on any atom is -0.476 e. The van der Waals surface area contributed by atoms with Gasteiger partial charge in [-0.2, -0.15) is 4.98 Å². The molecule has 13 heavy (non-hydrogen) atoms. The molecule has 1 rings (SSSR count). The molecule has 1 aromatic heterocycles. The van der Waals surface area contributed by atoms with Crippen LogP contribution in [0.25, 0.3) is 0 Å². The molecule has 0 aromatic carbocycles. The van der Waals surface area contributed by atoms with Crippen molar-refractivity contribution in [2.45, 2.75) is 6.42 Å². The molecule has 0 unspecified atom stereocenters. The number of hydrogen-bond acceptors (Lipinski definition) is 5. The minimum atomic E-state index is 0.408. The quantitative estimate of drug-likeness (QED) is 0.297. The van der Waals surface area contributed by atoms with Crippen LogP contribution < -0.4 is 16.0 Å². The van der Waals surface area contributed by atoms with Gasteiger partial charge in [0.2, 0.25) is 5.88 Å².